The van der Waals surface area contributed by atoms with Crippen LogP contribution in [0.25, 0.3) is 0 Å². The van der Waals surface area contributed by atoms with E-state index < -0.39 is 53.2 Å². The van der Waals surface area contributed by atoms with Gasteiger partial charge >= 0.3 is 11.7 Å². The quantitative estimate of drug-likeness (QED) is 0.326. The Hall–Kier alpha value is -2.30. The van der Waals surface area contributed by atoms with Crippen molar-refractivity contribution in [3.05, 3.63) is 21.7 Å². The maximum Gasteiger partial charge on any atom is 0.353 e. The van der Waals surface area contributed by atoms with Crippen molar-refractivity contribution in [2.45, 2.75) is 43.7 Å². The molecule has 0 saturated carbocycles. The molecule has 0 aromatic carbocycles. The zero-order chi connectivity index (χ0) is 21.4. The van der Waals surface area contributed by atoms with Gasteiger partial charge in [0.25, 0.3) is 11.6 Å². The van der Waals surface area contributed by atoms with Gasteiger partial charge in [0.1, 0.15) is 35.3 Å². The first-order valence-corrected chi connectivity index (χ1v) is 8.41. The zero-order valence-corrected chi connectivity index (χ0v) is 15.6. The van der Waals surface area contributed by atoms with E-state index >= 15 is 4.39 Å². The van der Waals surface area contributed by atoms with E-state index in [2.05, 4.69) is 4.98 Å². The first-order valence-electron chi connectivity index (χ1n) is 8.04. The highest BCUT2D eigenvalue weighted by atomic mass is 35.5. The summed E-state index contributed by atoms with van der Waals surface area (Å²) in [5.41, 5.74) is 6.93. The van der Waals surface area contributed by atoms with E-state index in [1.165, 1.54) is 6.07 Å². The number of ether oxygens (including phenoxy) is 2. The average Bonchev–Trinajstić information content (AvgIpc) is 2.80. The summed E-state index contributed by atoms with van der Waals surface area (Å²) in [6.07, 6.45) is -4.67. The fourth-order valence-corrected chi connectivity index (χ4v) is 2.88. The van der Waals surface area contributed by atoms with Crippen LogP contribution in [0.3, 0.4) is 0 Å². The van der Waals surface area contributed by atoms with Crippen LogP contribution in [0.15, 0.2) is 10.9 Å². The molecule has 0 spiro atoms. The van der Waals surface area contributed by atoms with Gasteiger partial charge in [-0.25, -0.2) is 13.8 Å². The number of anilines is 1. The molecular weight excluding hydrogens is 401 g/mol. The third-order valence-electron chi connectivity index (χ3n) is 4.26. The van der Waals surface area contributed by atoms with Crippen LogP contribution < -0.4 is 17.2 Å². The van der Waals surface area contributed by atoms with Gasteiger partial charge in [0.15, 0.2) is 6.61 Å². The predicted octanol–water partition coefficient (Wildman–Crippen LogP) is -1.40. The monoisotopic (exact) mass is 419 g/mol. The highest BCUT2D eigenvalue weighted by Crippen LogP contribution is 2.43. The molecule has 2 rings (SSSR count). The molecule has 1 aliphatic rings. The van der Waals surface area contributed by atoms with Crippen molar-refractivity contribution in [2.24, 2.45) is 11.7 Å². The van der Waals surface area contributed by atoms with E-state index in [-0.39, 0.29) is 11.7 Å². The lowest BCUT2D eigenvalue weighted by Crippen LogP contribution is -2.50. The Morgan fingerprint density at radius 3 is 2.68 bits per heavy atom. The van der Waals surface area contributed by atoms with Crippen molar-refractivity contribution in [1.82, 2.24) is 9.55 Å². The van der Waals surface area contributed by atoms with Gasteiger partial charge < -0.3 is 26.4 Å². The Kier molecular flexibility index (Phi) is 5.98. The van der Waals surface area contributed by atoms with Crippen LogP contribution in [0.4, 0.5) is 10.2 Å². The van der Waals surface area contributed by atoms with Crippen molar-refractivity contribution in [2.75, 3.05) is 12.3 Å². The lowest BCUT2D eigenvalue weighted by Gasteiger charge is -2.28. The predicted molar refractivity (Wildman–Crippen MR) is 92.2 cm³/mol. The molecule has 28 heavy (non-hydrogen) atoms. The van der Waals surface area contributed by atoms with Crippen LogP contribution in [-0.2, 0) is 20.0 Å². The van der Waals surface area contributed by atoms with Crippen LogP contribution in [0, 0.1) is 17.2 Å². The minimum absolute atomic E-state index is 0.296. The first kappa shape index (κ1) is 22.0. The number of aliphatic hydroxyl groups is 2. The smallest absolute Gasteiger partial charge is 0.353 e. The van der Waals surface area contributed by atoms with Gasteiger partial charge in [-0.15, -0.1) is 0 Å². The number of nitrogens with zero attached hydrogens (tertiary/aromatic N) is 3. The number of aromatic nitrogens is 2. The van der Waals surface area contributed by atoms with Gasteiger partial charge in [-0.2, -0.15) is 10.2 Å². The maximum atomic E-state index is 15.2. The number of rotatable bonds is 5. The Morgan fingerprint density at radius 1 is 1.57 bits per heavy atom. The molecule has 0 bridgehead atoms. The van der Waals surface area contributed by atoms with Gasteiger partial charge in [0.05, 0.1) is 0 Å². The molecule has 154 valence electrons. The van der Waals surface area contributed by atoms with Crippen molar-refractivity contribution < 1.29 is 28.9 Å². The second-order valence-electron chi connectivity index (χ2n) is 6.59. The number of aliphatic hydroxyl groups excluding tert-OH is 2. The maximum absolute atomic E-state index is 15.2. The fraction of sp³-hybridized carbons (Fsp3) is 0.600. The van der Waals surface area contributed by atoms with Crippen LogP contribution >= 0.6 is 11.6 Å². The van der Waals surface area contributed by atoms with E-state index in [1.807, 2.05) is 0 Å². The Balaban J connectivity index is 2.40. The molecule has 13 heteroatoms. The molecule has 1 aliphatic heterocycles. The summed E-state index contributed by atoms with van der Waals surface area (Å²) in [6.45, 7) is 2.05. The van der Waals surface area contributed by atoms with Crippen LogP contribution in [-0.4, -0.2) is 56.4 Å². The standard InChI is InChI=1S/C15H19ClFN5O6/c1-6(2)9(20)12(25)27-5-14(17)10(23)11(24)15(4-18,28-14)22-7(16)3-8(19)21-13(22)26/h3,6,9-11,23-24H,5,20H2,1-2H3,(H2,19,21,26)/t9-,10-,11+,14+,15+/m0/s1. The summed E-state index contributed by atoms with van der Waals surface area (Å²) in [5, 5.41) is 29.4. The highest BCUT2D eigenvalue weighted by molar-refractivity contribution is 6.29. The van der Waals surface area contributed by atoms with Crippen LogP contribution in [0.1, 0.15) is 13.8 Å². The number of carbonyl (C=O) groups excluding carboxylic acids is 1. The molecule has 1 aromatic heterocycles. The van der Waals surface area contributed by atoms with Crippen LogP contribution in [0.2, 0.25) is 5.15 Å². The van der Waals surface area contributed by atoms with E-state index in [4.69, 9.17) is 32.5 Å². The second-order valence-corrected chi connectivity index (χ2v) is 6.97. The summed E-state index contributed by atoms with van der Waals surface area (Å²) in [6, 6.07) is 1.30. The number of carbonyl (C=O) groups is 1. The molecule has 5 atom stereocenters. The van der Waals surface area contributed by atoms with Gasteiger partial charge in [0, 0.05) is 6.07 Å². The molecule has 0 amide bonds. The van der Waals surface area contributed by atoms with Gasteiger partial charge in [-0.1, -0.05) is 25.4 Å². The summed E-state index contributed by atoms with van der Waals surface area (Å²) < 4.78 is 25.2. The normalized spacial score (nSPS) is 30.8. The number of nitrogens with two attached hydrogens (primary N) is 2. The summed E-state index contributed by atoms with van der Waals surface area (Å²) in [4.78, 5) is 27.3. The van der Waals surface area contributed by atoms with Gasteiger partial charge in [-0.05, 0) is 5.92 Å². The van der Waals surface area contributed by atoms with E-state index in [1.54, 1.807) is 13.8 Å². The third-order valence-corrected chi connectivity index (χ3v) is 4.54. The van der Waals surface area contributed by atoms with Crippen molar-refractivity contribution in [1.29, 1.82) is 5.26 Å². The molecule has 11 nitrogen and oxygen atoms in total. The lowest BCUT2D eigenvalue weighted by atomic mass is 10.0. The lowest BCUT2D eigenvalue weighted by molar-refractivity contribution is -0.234. The topological polar surface area (TPSA) is 187 Å². The second kappa shape index (κ2) is 7.61. The van der Waals surface area contributed by atoms with Crippen molar-refractivity contribution >= 4 is 23.4 Å². The number of nitrogen functional groups attached to an aromatic ring is 1. The molecular formula is C15H19ClFN5O6. The molecule has 0 aliphatic carbocycles. The van der Waals surface area contributed by atoms with E-state index in [9.17, 15) is 25.1 Å². The molecule has 6 N–H and O–H groups in total. The average molecular weight is 420 g/mol. The van der Waals surface area contributed by atoms with Crippen molar-refractivity contribution in [3.63, 3.8) is 0 Å². The third kappa shape index (κ3) is 3.54. The molecule has 0 radical (unpaired) electrons. The zero-order valence-electron chi connectivity index (χ0n) is 14.9. The molecule has 2 heterocycles. The van der Waals surface area contributed by atoms with Crippen LogP contribution in [0.5, 0.6) is 0 Å². The Morgan fingerprint density at radius 2 is 2.18 bits per heavy atom. The minimum atomic E-state index is -3.24. The fourth-order valence-electron chi connectivity index (χ4n) is 2.57. The number of nitriles is 1. The number of esters is 1. The molecule has 0 unspecified atom stereocenters. The number of halogens is 2. The highest BCUT2D eigenvalue weighted by Gasteiger charge is 2.66. The van der Waals surface area contributed by atoms with Gasteiger partial charge in [-0.3, -0.25) is 9.53 Å². The Bertz CT molecular complexity index is 875. The number of hydrogen-bond donors (Lipinski definition) is 4. The first-order chi connectivity index (χ1) is 12.9. The molecule has 1 saturated heterocycles. The van der Waals surface area contributed by atoms with Crippen molar-refractivity contribution in [3.8, 4) is 6.07 Å². The van der Waals surface area contributed by atoms with E-state index in [0.29, 0.717) is 4.57 Å². The van der Waals surface area contributed by atoms with E-state index in [0.717, 1.165) is 6.07 Å². The Labute approximate surface area is 163 Å². The SMILES string of the molecule is CC(C)[C@H](N)C(=O)OC[C@@]1(F)O[C@@](C#N)(n2c(Cl)cc(N)nc2=O)[C@H](O)[C@@H]1O. The molecule has 1 aromatic rings. The molecule has 1 fully saturated rings. The largest absolute Gasteiger partial charge is 0.458 e. The summed E-state index contributed by atoms with van der Waals surface area (Å²) in [5.74, 6) is -4.85. The minimum Gasteiger partial charge on any atom is -0.458 e. The number of hydrogen-bond acceptors (Lipinski definition) is 10. The number of alkyl halides is 1. The summed E-state index contributed by atoms with van der Waals surface area (Å²) >= 11 is 5.89. The van der Waals surface area contributed by atoms with Gasteiger partial charge in [0.2, 0.25) is 0 Å². The summed E-state index contributed by atoms with van der Waals surface area (Å²) in [7, 11) is 0.